The van der Waals surface area contributed by atoms with Crippen molar-refractivity contribution in [2.24, 2.45) is 11.0 Å². The maximum Gasteiger partial charge on any atom is 0.262 e. The number of para-hydroxylation sites is 1. The average Bonchev–Trinajstić information content (AvgIpc) is 2.83. The van der Waals surface area contributed by atoms with Crippen molar-refractivity contribution in [1.82, 2.24) is 10.7 Å². The minimum atomic E-state index is -0.915. The fourth-order valence-electron chi connectivity index (χ4n) is 3.11. The van der Waals surface area contributed by atoms with Gasteiger partial charge in [0.15, 0.2) is 17.6 Å². The van der Waals surface area contributed by atoms with Crippen LogP contribution >= 0.6 is 23.2 Å². The Hall–Kier alpha value is -3.41. The fraction of sp³-hybridized carbons (Fsp3) is 0.346. The molecule has 36 heavy (non-hydrogen) atoms. The zero-order valence-electron chi connectivity index (χ0n) is 20.5. The molecule has 0 bridgehead atoms. The number of rotatable bonds is 12. The van der Waals surface area contributed by atoms with E-state index in [0.29, 0.717) is 34.3 Å². The maximum atomic E-state index is 12.9. The van der Waals surface area contributed by atoms with Crippen molar-refractivity contribution in [1.29, 1.82) is 0 Å². The largest absolute Gasteiger partial charge is 0.493 e. The summed E-state index contributed by atoms with van der Waals surface area (Å²) in [5, 5.41) is 7.47. The van der Waals surface area contributed by atoms with Crippen LogP contribution in [0.2, 0.25) is 10.0 Å². The highest BCUT2D eigenvalue weighted by molar-refractivity contribution is 6.35. The number of nitrogens with zero attached hydrogens (tertiary/aromatic N) is 1. The van der Waals surface area contributed by atoms with E-state index in [1.165, 1.54) is 19.4 Å². The Labute approximate surface area is 221 Å². The van der Waals surface area contributed by atoms with Crippen molar-refractivity contribution in [2.75, 3.05) is 13.7 Å². The van der Waals surface area contributed by atoms with Crippen molar-refractivity contribution in [3.8, 4) is 29.6 Å². The summed E-state index contributed by atoms with van der Waals surface area (Å²) in [5.74, 6) is 2.72. The topological polar surface area (TPSA) is 98.2 Å². The molecule has 0 aliphatic carbocycles. The number of methoxy groups -OCH3 is 1. The molecule has 2 aromatic rings. The lowest BCUT2D eigenvalue weighted by molar-refractivity contribution is -0.132. The SMILES string of the molecule is C#CCOc1c(/C=N\NC(=O)[C@H](CC(C)C)NC(=O)[C@H](C)Oc2ccc(Cl)cc2Cl)cccc1OC. The molecule has 2 aromatic carbocycles. The summed E-state index contributed by atoms with van der Waals surface area (Å²) in [5.41, 5.74) is 3.02. The molecule has 0 aromatic heterocycles. The number of halogens is 2. The van der Waals surface area contributed by atoms with Crippen LogP contribution in [0.1, 0.15) is 32.8 Å². The number of carbonyl (C=O) groups is 2. The van der Waals surface area contributed by atoms with Gasteiger partial charge in [0, 0.05) is 10.6 Å². The quantitative estimate of drug-likeness (QED) is 0.238. The van der Waals surface area contributed by atoms with Crippen LogP contribution in [0.4, 0.5) is 0 Å². The lowest BCUT2D eigenvalue weighted by atomic mass is 10.0. The van der Waals surface area contributed by atoms with Crippen molar-refractivity contribution < 1.29 is 23.8 Å². The minimum absolute atomic E-state index is 0.0392. The van der Waals surface area contributed by atoms with E-state index in [1.54, 1.807) is 37.3 Å². The first kappa shape index (κ1) is 28.8. The van der Waals surface area contributed by atoms with Gasteiger partial charge >= 0.3 is 0 Å². The van der Waals surface area contributed by atoms with Crippen LogP contribution in [0.3, 0.4) is 0 Å². The first-order valence-electron chi connectivity index (χ1n) is 11.1. The first-order chi connectivity index (χ1) is 17.2. The molecular formula is C26H29Cl2N3O5. The molecule has 0 heterocycles. The van der Waals surface area contributed by atoms with Gasteiger partial charge in [0.1, 0.15) is 18.4 Å². The van der Waals surface area contributed by atoms with Crippen LogP contribution in [0.5, 0.6) is 17.2 Å². The van der Waals surface area contributed by atoms with Gasteiger partial charge in [-0.3, -0.25) is 9.59 Å². The van der Waals surface area contributed by atoms with Crippen LogP contribution in [0, 0.1) is 18.3 Å². The standard InChI is InChI=1S/C26H29Cl2N3O5/c1-6-12-35-24-18(8-7-9-23(24)34-5)15-29-31-26(33)21(13-16(2)3)30-25(32)17(4)36-22-11-10-19(27)14-20(22)28/h1,7-11,14-17,21H,12-13H2,2-5H3,(H,30,32)(H,31,33)/b29-15-/t17-,21-/m0/s1. The van der Waals surface area contributed by atoms with Gasteiger partial charge in [-0.2, -0.15) is 5.10 Å². The van der Waals surface area contributed by atoms with Crippen molar-refractivity contribution in [3.05, 3.63) is 52.0 Å². The van der Waals surface area contributed by atoms with Gasteiger partial charge in [-0.25, -0.2) is 5.43 Å². The first-order valence-corrected chi connectivity index (χ1v) is 11.9. The Kier molecular flexibility index (Phi) is 11.4. The van der Waals surface area contributed by atoms with E-state index in [9.17, 15) is 9.59 Å². The summed E-state index contributed by atoms with van der Waals surface area (Å²) < 4.78 is 16.5. The summed E-state index contributed by atoms with van der Waals surface area (Å²) in [6.45, 7) is 5.48. The number of amides is 2. The smallest absolute Gasteiger partial charge is 0.262 e. The molecule has 0 spiro atoms. The Bertz CT molecular complexity index is 1130. The molecule has 192 valence electrons. The number of nitrogens with one attached hydrogen (secondary N) is 2. The third-order valence-electron chi connectivity index (χ3n) is 4.81. The summed E-state index contributed by atoms with van der Waals surface area (Å²) >= 11 is 12.0. The molecule has 2 N–H and O–H groups in total. The highest BCUT2D eigenvalue weighted by atomic mass is 35.5. The number of carbonyl (C=O) groups excluding carboxylic acids is 2. The van der Waals surface area contributed by atoms with Gasteiger partial charge in [0.2, 0.25) is 0 Å². The third kappa shape index (κ3) is 8.67. The Balaban J connectivity index is 2.08. The number of hydrogen-bond donors (Lipinski definition) is 2. The van der Waals surface area contributed by atoms with E-state index in [4.69, 9.17) is 43.8 Å². The summed E-state index contributed by atoms with van der Waals surface area (Å²) in [4.78, 5) is 25.6. The van der Waals surface area contributed by atoms with E-state index in [-0.39, 0.29) is 17.5 Å². The second-order valence-corrected chi connectivity index (χ2v) is 8.97. The second kappa shape index (κ2) is 14.2. The Morgan fingerprint density at radius 3 is 2.53 bits per heavy atom. The van der Waals surface area contributed by atoms with Crippen LogP contribution < -0.4 is 25.0 Å². The fourth-order valence-corrected chi connectivity index (χ4v) is 3.57. The Morgan fingerprint density at radius 1 is 1.14 bits per heavy atom. The van der Waals surface area contributed by atoms with Gasteiger partial charge in [-0.15, -0.1) is 6.42 Å². The Morgan fingerprint density at radius 2 is 1.89 bits per heavy atom. The highest BCUT2D eigenvalue weighted by Gasteiger charge is 2.25. The van der Waals surface area contributed by atoms with E-state index in [1.807, 2.05) is 13.8 Å². The molecule has 0 aliphatic heterocycles. The van der Waals surface area contributed by atoms with Gasteiger partial charge < -0.3 is 19.5 Å². The number of ether oxygens (including phenoxy) is 3. The van der Waals surface area contributed by atoms with Crippen molar-refractivity contribution >= 4 is 41.2 Å². The lowest BCUT2D eigenvalue weighted by Gasteiger charge is -2.22. The molecular weight excluding hydrogens is 505 g/mol. The molecule has 8 nitrogen and oxygen atoms in total. The average molecular weight is 534 g/mol. The molecule has 2 amide bonds. The number of hydrazone groups is 1. The van der Waals surface area contributed by atoms with Gasteiger partial charge in [0.25, 0.3) is 11.8 Å². The van der Waals surface area contributed by atoms with Crippen molar-refractivity contribution in [3.63, 3.8) is 0 Å². The predicted octanol–water partition coefficient (Wildman–Crippen LogP) is 4.46. The second-order valence-electron chi connectivity index (χ2n) is 8.13. The highest BCUT2D eigenvalue weighted by Crippen LogP contribution is 2.30. The zero-order chi connectivity index (χ0) is 26.7. The van der Waals surface area contributed by atoms with Gasteiger partial charge in [-0.1, -0.05) is 49.0 Å². The summed E-state index contributed by atoms with van der Waals surface area (Å²) in [6.07, 6.45) is 6.17. The van der Waals surface area contributed by atoms with Crippen LogP contribution in [0.15, 0.2) is 41.5 Å². The molecule has 0 saturated heterocycles. The summed E-state index contributed by atoms with van der Waals surface area (Å²) in [7, 11) is 1.51. The van der Waals surface area contributed by atoms with E-state index in [0.717, 1.165) is 0 Å². The molecule has 10 heteroatoms. The minimum Gasteiger partial charge on any atom is -0.493 e. The van der Waals surface area contributed by atoms with E-state index in [2.05, 4.69) is 21.8 Å². The van der Waals surface area contributed by atoms with Crippen LogP contribution in [0.25, 0.3) is 0 Å². The van der Waals surface area contributed by atoms with Gasteiger partial charge in [0.05, 0.1) is 18.3 Å². The van der Waals surface area contributed by atoms with E-state index < -0.39 is 24.0 Å². The lowest BCUT2D eigenvalue weighted by Crippen LogP contribution is -2.49. The molecule has 0 aliphatic rings. The van der Waals surface area contributed by atoms with Crippen LogP contribution in [-0.2, 0) is 9.59 Å². The number of hydrogen-bond acceptors (Lipinski definition) is 6. The molecule has 2 rings (SSSR count). The molecule has 0 saturated carbocycles. The van der Waals surface area contributed by atoms with E-state index >= 15 is 0 Å². The monoisotopic (exact) mass is 533 g/mol. The normalized spacial score (nSPS) is 12.5. The number of benzene rings is 2. The molecule has 2 atom stereocenters. The molecule has 0 unspecified atom stereocenters. The zero-order valence-corrected chi connectivity index (χ0v) is 22.0. The third-order valence-corrected chi connectivity index (χ3v) is 5.34. The molecule has 0 fully saturated rings. The molecule has 0 radical (unpaired) electrons. The van der Waals surface area contributed by atoms with Crippen LogP contribution in [-0.4, -0.2) is 43.9 Å². The van der Waals surface area contributed by atoms with Gasteiger partial charge in [-0.05, 0) is 49.6 Å². The maximum absolute atomic E-state index is 12.9. The summed E-state index contributed by atoms with van der Waals surface area (Å²) in [6, 6.07) is 9.05. The predicted molar refractivity (Wildman–Crippen MR) is 141 cm³/mol. The van der Waals surface area contributed by atoms with Crippen molar-refractivity contribution in [2.45, 2.75) is 39.3 Å². The number of terminal acetylenes is 1.